The number of imidazole rings is 1. The number of aryl methyl sites for hydroxylation is 1. The Morgan fingerprint density at radius 1 is 1.30 bits per heavy atom. The lowest BCUT2D eigenvalue weighted by molar-refractivity contribution is -0.141. The number of hydrogen-bond acceptors (Lipinski definition) is 2. The summed E-state index contributed by atoms with van der Waals surface area (Å²) < 4.78 is 40.5. The zero-order valence-electron chi connectivity index (χ0n) is 10.7. The third-order valence-corrected chi connectivity index (χ3v) is 3.38. The molecule has 7 heteroatoms. The zero-order chi connectivity index (χ0) is 14.5. The maximum atomic E-state index is 13.1. The Morgan fingerprint density at radius 2 is 2.00 bits per heavy atom. The van der Waals surface area contributed by atoms with E-state index < -0.39 is 23.5 Å². The minimum absolute atomic E-state index is 0.131. The van der Waals surface area contributed by atoms with Crippen LogP contribution in [0.4, 0.5) is 13.2 Å². The van der Waals surface area contributed by atoms with E-state index in [1.165, 1.54) is 21.6 Å². The molecule has 4 nitrogen and oxygen atoms in total. The van der Waals surface area contributed by atoms with E-state index in [0.717, 1.165) is 12.0 Å². The summed E-state index contributed by atoms with van der Waals surface area (Å²) in [5.41, 5.74) is -0.607. The molecular formula is C13H12F3N3O. The Morgan fingerprint density at radius 3 is 2.55 bits per heavy atom. The standard InChI is InChI=1S/C13H12F3N3O/c1-8-3-4-9-17-11(13(14,15)16)10(19(9)7-8)12(20)18-5-2-6-18/h3-4,7H,2,5-6H2,1H3. The van der Waals surface area contributed by atoms with Gasteiger partial charge in [0.15, 0.2) is 5.69 Å². The van der Waals surface area contributed by atoms with Gasteiger partial charge in [0.25, 0.3) is 5.91 Å². The van der Waals surface area contributed by atoms with Gasteiger partial charge >= 0.3 is 6.18 Å². The molecule has 1 fully saturated rings. The average Bonchev–Trinajstić information content (AvgIpc) is 2.64. The topological polar surface area (TPSA) is 37.6 Å². The number of fused-ring (bicyclic) bond motifs is 1. The van der Waals surface area contributed by atoms with E-state index in [1.54, 1.807) is 13.0 Å². The molecule has 0 unspecified atom stereocenters. The lowest BCUT2D eigenvalue weighted by atomic mass is 10.2. The van der Waals surface area contributed by atoms with E-state index in [1.807, 2.05) is 0 Å². The van der Waals surface area contributed by atoms with Crippen LogP contribution in [0.15, 0.2) is 18.3 Å². The summed E-state index contributed by atoms with van der Waals surface area (Å²) in [4.78, 5) is 17.2. The van der Waals surface area contributed by atoms with E-state index in [-0.39, 0.29) is 5.65 Å². The number of rotatable bonds is 1. The molecule has 2 aromatic rings. The smallest absolute Gasteiger partial charge is 0.337 e. The van der Waals surface area contributed by atoms with E-state index in [0.29, 0.717) is 13.1 Å². The second-order valence-corrected chi connectivity index (χ2v) is 4.89. The van der Waals surface area contributed by atoms with Crippen molar-refractivity contribution in [2.24, 2.45) is 0 Å². The Labute approximate surface area is 112 Å². The predicted octanol–water partition coefficient (Wildman–Crippen LogP) is 2.51. The first kappa shape index (κ1) is 13.0. The van der Waals surface area contributed by atoms with Gasteiger partial charge in [0.2, 0.25) is 0 Å². The Bertz CT molecular complexity index is 686. The molecule has 3 rings (SSSR count). The van der Waals surface area contributed by atoms with Gasteiger partial charge in [-0.15, -0.1) is 0 Å². The maximum Gasteiger partial charge on any atom is 0.435 e. The van der Waals surface area contributed by atoms with E-state index in [9.17, 15) is 18.0 Å². The maximum absolute atomic E-state index is 13.1. The van der Waals surface area contributed by atoms with Crippen LogP contribution in [0.5, 0.6) is 0 Å². The Kier molecular flexibility index (Phi) is 2.74. The van der Waals surface area contributed by atoms with Gasteiger partial charge in [-0.3, -0.25) is 9.20 Å². The summed E-state index contributed by atoms with van der Waals surface area (Å²) in [5.74, 6) is -0.610. The number of carbonyl (C=O) groups excluding carboxylic acids is 1. The molecule has 3 heterocycles. The normalized spacial score (nSPS) is 15.5. The van der Waals surface area contributed by atoms with Crippen molar-refractivity contribution < 1.29 is 18.0 Å². The largest absolute Gasteiger partial charge is 0.435 e. The first-order valence-corrected chi connectivity index (χ1v) is 6.23. The SMILES string of the molecule is Cc1ccc2nc(C(F)(F)F)c(C(=O)N3CCC3)n2c1. The quantitative estimate of drug-likeness (QED) is 0.806. The fourth-order valence-electron chi connectivity index (χ4n) is 2.22. The summed E-state index contributed by atoms with van der Waals surface area (Å²) in [6, 6.07) is 3.15. The Balaban J connectivity index is 2.24. The number of halogens is 3. The second-order valence-electron chi connectivity index (χ2n) is 4.89. The molecule has 1 aliphatic rings. The highest BCUT2D eigenvalue weighted by atomic mass is 19.4. The van der Waals surface area contributed by atoms with Gasteiger partial charge in [0.1, 0.15) is 11.3 Å². The number of amides is 1. The summed E-state index contributed by atoms with van der Waals surface area (Å²) in [6.45, 7) is 2.74. The third kappa shape index (κ3) is 1.93. The van der Waals surface area contributed by atoms with Crippen LogP contribution >= 0.6 is 0 Å². The first-order valence-electron chi connectivity index (χ1n) is 6.23. The van der Waals surface area contributed by atoms with Crippen LogP contribution in [0, 0.1) is 6.92 Å². The highest BCUT2D eigenvalue weighted by Crippen LogP contribution is 2.33. The lowest BCUT2D eigenvalue weighted by Gasteiger charge is -2.31. The van der Waals surface area contributed by atoms with Gasteiger partial charge in [0.05, 0.1) is 0 Å². The fraction of sp³-hybridized carbons (Fsp3) is 0.385. The zero-order valence-corrected chi connectivity index (χ0v) is 10.7. The number of alkyl halides is 3. The number of carbonyl (C=O) groups is 1. The van der Waals surface area contributed by atoms with Gasteiger partial charge in [-0.05, 0) is 25.0 Å². The minimum atomic E-state index is -4.64. The third-order valence-electron chi connectivity index (χ3n) is 3.38. The van der Waals surface area contributed by atoms with Crippen molar-refractivity contribution in [3.63, 3.8) is 0 Å². The molecule has 0 aromatic carbocycles. The molecule has 1 aliphatic heterocycles. The molecule has 0 saturated carbocycles. The molecule has 1 saturated heterocycles. The number of hydrogen-bond donors (Lipinski definition) is 0. The molecule has 0 N–H and O–H groups in total. The van der Waals surface area contributed by atoms with Gasteiger partial charge in [0, 0.05) is 19.3 Å². The predicted molar refractivity (Wildman–Crippen MR) is 65.5 cm³/mol. The molecule has 106 valence electrons. The van der Waals surface area contributed by atoms with E-state index in [4.69, 9.17) is 0 Å². The highest BCUT2D eigenvalue weighted by molar-refractivity contribution is 5.95. The van der Waals surface area contributed by atoms with Crippen molar-refractivity contribution in [1.82, 2.24) is 14.3 Å². The van der Waals surface area contributed by atoms with Crippen LogP contribution in [0.25, 0.3) is 5.65 Å². The molecule has 1 amide bonds. The second kappa shape index (κ2) is 4.22. The molecule has 0 aliphatic carbocycles. The van der Waals surface area contributed by atoms with Gasteiger partial charge in [-0.1, -0.05) is 6.07 Å². The molecule has 20 heavy (non-hydrogen) atoms. The summed E-state index contributed by atoms with van der Waals surface area (Å²) in [5, 5.41) is 0. The van der Waals surface area contributed by atoms with Crippen LogP contribution in [0.2, 0.25) is 0 Å². The van der Waals surface area contributed by atoms with E-state index >= 15 is 0 Å². The van der Waals surface area contributed by atoms with E-state index in [2.05, 4.69) is 4.98 Å². The van der Waals surface area contributed by atoms with Crippen molar-refractivity contribution in [3.8, 4) is 0 Å². The number of pyridine rings is 1. The molecule has 0 radical (unpaired) electrons. The average molecular weight is 283 g/mol. The van der Waals surface area contributed by atoms with Crippen LogP contribution < -0.4 is 0 Å². The van der Waals surface area contributed by atoms with Crippen molar-refractivity contribution in [2.45, 2.75) is 19.5 Å². The van der Waals surface area contributed by atoms with Crippen molar-refractivity contribution in [2.75, 3.05) is 13.1 Å². The van der Waals surface area contributed by atoms with Gasteiger partial charge < -0.3 is 4.90 Å². The van der Waals surface area contributed by atoms with Crippen LogP contribution in [0.1, 0.15) is 28.2 Å². The highest BCUT2D eigenvalue weighted by Gasteiger charge is 2.41. The molecular weight excluding hydrogens is 271 g/mol. The van der Waals surface area contributed by atoms with Crippen molar-refractivity contribution >= 4 is 11.6 Å². The Hall–Kier alpha value is -2.05. The number of likely N-dealkylation sites (tertiary alicyclic amines) is 1. The van der Waals surface area contributed by atoms with Crippen LogP contribution in [-0.4, -0.2) is 33.3 Å². The number of aromatic nitrogens is 2. The number of nitrogens with zero attached hydrogens (tertiary/aromatic N) is 3. The first-order chi connectivity index (χ1) is 9.38. The molecule has 0 bridgehead atoms. The summed E-state index contributed by atoms with van der Waals surface area (Å²) in [6.07, 6.45) is -2.32. The summed E-state index contributed by atoms with van der Waals surface area (Å²) in [7, 11) is 0. The lowest BCUT2D eigenvalue weighted by Crippen LogP contribution is -2.43. The van der Waals surface area contributed by atoms with Crippen molar-refractivity contribution in [1.29, 1.82) is 0 Å². The summed E-state index contributed by atoms with van der Waals surface area (Å²) >= 11 is 0. The van der Waals surface area contributed by atoms with Crippen LogP contribution in [0.3, 0.4) is 0 Å². The van der Waals surface area contributed by atoms with Crippen LogP contribution in [-0.2, 0) is 6.18 Å². The van der Waals surface area contributed by atoms with Gasteiger partial charge in [-0.25, -0.2) is 4.98 Å². The molecule has 2 aromatic heterocycles. The van der Waals surface area contributed by atoms with Crippen molar-refractivity contribution in [3.05, 3.63) is 35.3 Å². The molecule has 0 atom stereocenters. The minimum Gasteiger partial charge on any atom is -0.337 e. The molecule has 0 spiro atoms. The fourth-order valence-corrected chi connectivity index (χ4v) is 2.22. The monoisotopic (exact) mass is 283 g/mol. The van der Waals surface area contributed by atoms with Gasteiger partial charge in [-0.2, -0.15) is 13.2 Å².